The predicted octanol–water partition coefficient (Wildman–Crippen LogP) is 3.92. The van der Waals surface area contributed by atoms with Crippen molar-refractivity contribution in [1.82, 2.24) is 15.5 Å². The van der Waals surface area contributed by atoms with Crippen molar-refractivity contribution in [2.45, 2.75) is 63.3 Å². The fourth-order valence-electron chi connectivity index (χ4n) is 4.75. The average Bonchev–Trinajstić information content (AvgIpc) is 3.10. The molecule has 0 spiro atoms. The zero-order valence-corrected chi connectivity index (χ0v) is 14.9. The van der Waals surface area contributed by atoms with Crippen molar-refractivity contribution >= 4 is 5.91 Å². The van der Waals surface area contributed by atoms with Crippen molar-refractivity contribution in [2.75, 3.05) is 0 Å². The summed E-state index contributed by atoms with van der Waals surface area (Å²) in [4.78, 5) is 12.9. The fourth-order valence-corrected chi connectivity index (χ4v) is 4.75. The van der Waals surface area contributed by atoms with Gasteiger partial charge in [-0.1, -0.05) is 37.3 Å². The first-order chi connectivity index (χ1) is 12.2. The third kappa shape index (κ3) is 3.48. The number of rotatable bonds is 3. The molecule has 1 fully saturated rings. The number of fused-ring (bicyclic) bond motifs is 1. The molecule has 1 aromatic heterocycles. The van der Waals surface area contributed by atoms with Crippen LogP contribution in [0.25, 0.3) is 0 Å². The summed E-state index contributed by atoms with van der Waals surface area (Å²) in [6, 6.07) is 11.0. The van der Waals surface area contributed by atoms with Gasteiger partial charge in [0, 0.05) is 17.3 Å². The number of aromatic nitrogens is 2. The number of nitrogens with zero attached hydrogens (tertiary/aromatic N) is 1. The van der Waals surface area contributed by atoms with Gasteiger partial charge >= 0.3 is 0 Å². The quantitative estimate of drug-likeness (QED) is 0.892. The minimum absolute atomic E-state index is 0.0325. The molecule has 0 aliphatic heterocycles. The third-order valence-corrected chi connectivity index (χ3v) is 5.92. The largest absolute Gasteiger partial charge is 0.353 e. The van der Waals surface area contributed by atoms with Gasteiger partial charge in [-0.05, 0) is 55.9 Å². The van der Waals surface area contributed by atoms with Gasteiger partial charge in [0.15, 0.2) is 0 Å². The molecular formula is C21H27N3O. The Hall–Kier alpha value is -2.10. The van der Waals surface area contributed by atoms with Gasteiger partial charge in [-0.15, -0.1) is 0 Å². The Labute approximate surface area is 149 Å². The standard InChI is InChI=1S/C21H27N3O/c1-14-10-16(15-6-3-2-4-7-15)12-17(11-14)23-21(25)18-8-5-9-20-19(18)13-22-24-20/h2-4,6-7,13-14,16-18H,5,8-12H2,1H3,(H,22,24)(H,23,25). The van der Waals surface area contributed by atoms with Crippen LogP contribution in [-0.4, -0.2) is 22.1 Å². The van der Waals surface area contributed by atoms with Crippen LogP contribution in [-0.2, 0) is 11.2 Å². The lowest BCUT2D eigenvalue weighted by molar-refractivity contribution is -0.123. The third-order valence-electron chi connectivity index (χ3n) is 5.92. The summed E-state index contributed by atoms with van der Waals surface area (Å²) in [6.45, 7) is 2.31. The highest BCUT2D eigenvalue weighted by Gasteiger charge is 2.32. The van der Waals surface area contributed by atoms with Crippen LogP contribution in [0.5, 0.6) is 0 Å². The van der Waals surface area contributed by atoms with E-state index in [1.165, 1.54) is 12.0 Å². The normalized spacial score (nSPS) is 29.0. The van der Waals surface area contributed by atoms with Crippen LogP contribution in [0.1, 0.15) is 67.7 Å². The van der Waals surface area contributed by atoms with E-state index >= 15 is 0 Å². The Balaban J connectivity index is 1.45. The van der Waals surface area contributed by atoms with Crippen molar-refractivity contribution in [2.24, 2.45) is 5.92 Å². The zero-order valence-electron chi connectivity index (χ0n) is 14.9. The number of nitrogens with one attached hydrogen (secondary N) is 2. The average molecular weight is 337 g/mol. The van der Waals surface area contributed by atoms with E-state index < -0.39 is 0 Å². The van der Waals surface area contributed by atoms with E-state index in [9.17, 15) is 4.79 Å². The topological polar surface area (TPSA) is 57.8 Å². The van der Waals surface area contributed by atoms with Gasteiger partial charge in [0.2, 0.25) is 5.91 Å². The van der Waals surface area contributed by atoms with Gasteiger partial charge in [-0.3, -0.25) is 9.89 Å². The Morgan fingerprint density at radius 1 is 1.20 bits per heavy atom. The second-order valence-corrected chi connectivity index (χ2v) is 7.87. The molecule has 132 valence electrons. The van der Waals surface area contributed by atoms with E-state index in [-0.39, 0.29) is 17.9 Å². The van der Waals surface area contributed by atoms with Crippen molar-refractivity contribution in [1.29, 1.82) is 0 Å². The number of carbonyl (C=O) groups excluding carboxylic acids is 1. The molecule has 0 bridgehead atoms. The fraction of sp³-hybridized carbons (Fsp3) is 0.524. The lowest BCUT2D eigenvalue weighted by Crippen LogP contribution is -2.42. The van der Waals surface area contributed by atoms with Crippen molar-refractivity contribution < 1.29 is 4.79 Å². The number of aromatic amines is 1. The summed E-state index contributed by atoms with van der Waals surface area (Å²) in [5, 5.41) is 10.6. The van der Waals surface area contributed by atoms with E-state index in [0.29, 0.717) is 11.8 Å². The van der Waals surface area contributed by atoms with Gasteiger partial charge < -0.3 is 5.32 Å². The molecule has 4 nitrogen and oxygen atoms in total. The van der Waals surface area contributed by atoms with Crippen LogP contribution in [0.3, 0.4) is 0 Å². The highest BCUT2D eigenvalue weighted by molar-refractivity contribution is 5.84. The second-order valence-electron chi connectivity index (χ2n) is 7.87. The Morgan fingerprint density at radius 2 is 2.04 bits per heavy atom. The van der Waals surface area contributed by atoms with Crippen molar-refractivity contribution in [3.63, 3.8) is 0 Å². The molecule has 0 radical (unpaired) electrons. The van der Waals surface area contributed by atoms with E-state index in [0.717, 1.165) is 43.4 Å². The van der Waals surface area contributed by atoms with E-state index in [2.05, 4.69) is 52.8 Å². The highest BCUT2D eigenvalue weighted by atomic mass is 16.1. The summed E-state index contributed by atoms with van der Waals surface area (Å²) in [6.07, 6.45) is 8.19. The van der Waals surface area contributed by atoms with Crippen LogP contribution in [0.15, 0.2) is 36.5 Å². The molecule has 0 saturated heterocycles. The van der Waals surface area contributed by atoms with Gasteiger partial charge in [0.1, 0.15) is 0 Å². The van der Waals surface area contributed by atoms with Crippen molar-refractivity contribution in [3.8, 4) is 0 Å². The maximum Gasteiger partial charge on any atom is 0.227 e. The highest BCUT2D eigenvalue weighted by Crippen LogP contribution is 2.37. The number of hydrogen-bond acceptors (Lipinski definition) is 2. The minimum Gasteiger partial charge on any atom is -0.353 e. The molecular weight excluding hydrogens is 310 g/mol. The first-order valence-corrected chi connectivity index (χ1v) is 9.58. The minimum atomic E-state index is -0.0325. The molecule has 1 amide bonds. The molecule has 2 aliphatic carbocycles. The van der Waals surface area contributed by atoms with Crippen molar-refractivity contribution in [3.05, 3.63) is 53.3 Å². The Bertz CT molecular complexity index is 724. The maximum atomic E-state index is 12.9. The summed E-state index contributed by atoms with van der Waals surface area (Å²) >= 11 is 0. The first-order valence-electron chi connectivity index (χ1n) is 9.58. The molecule has 2 aromatic rings. The summed E-state index contributed by atoms with van der Waals surface area (Å²) in [5.41, 5.74) is 3.65. The maximum absolute atomic E-state index is 12.9. The Morgan fingerprint density at radius 3 is 2.88 bits per heavy atom. The van der Waals surface area contributed by atoms with Gasteiger partial charge in [-0.2, -0.15) is 5.10 Å². The molecule has 4 heteroatoms. The molecule has 1 heterocycles. The van der Waals surface area contributed by atoms with E-state index in [1.807, 2.05) is 6.20 Å². The van der Waals surface area contributed by atoms with Gasteiger partial charge in [-0.25, -0.2) is 0 Å². The Kier molecular flexibility index (Phi) is 4.60. The summed E-state index contributed by atoms with van der Waals surface area (Å²) < 4.78 is 0. The van der Waals surface area contributed by atoms with Gasteiger partial charge in [0.05, 0.1) is 12.1 Å². The molecule has 25 heavy (non-hydrogen) atoms. The zero-order chi connectivity index (χ0) is 17.2. The smallest absolute Gasteiger partial charge is 0.227 e. The second kappa shape index (κ2) is 7.03. The lowest BCUT2D eigenvalue weighted by atomic mass is 9.76. The van der Waals surface area contributed by atoms with Crippen LogP contribution in [0, 0.1) is 5.92 Å². The molecule has 4 rings (SSSR count). The summed E-state index contributed by atoms with van der Waals surface area (Å²) in [5.74, 6) is 1.34. The van der Waals surface area contributed by atoms with Crippen LogP contribution in [0.2, 0.25) is 0 Å². The molecule has 4 unspecified atom stereocenters. The number of hydrogen-bond donors (Lipinski definition) is 2. The molecule has 2 aliphatic rings. The molecule has 4 atom stereocenters. The van der Waals surface area contributed by atoms with Crippen LogP contribution < -0.4 is 5.32 Å². The number of amides is 1. The number of aryl methyl sites for hydroxylation is 1. The molecule has 2 N–H and O–H groups in total. The number of H-pyrrole nitrogens is 1. The van der Waals surface area contributed by atoms with E-state index in [4.69, 9.17) is 0 Å². The van der Waals surface area contributed by atoms with Crippen LogP contribution in [0.4, 0.5) is 0 Å². The van der Waals surface area contributed by atoms with E-state index in [1.54, 1.807) is 0 Å². The first kappa shape index (κ1) is 16.4. The van der Waals surface area contributed by atoms with Gasteiger partial charge in [0.25, 0.3) is 0 Å². The molecule has 1 saturated carbocycles. The number of benzene rings is 1. The molecule has 1 aromatic carbocycles. The SMILES string of the molecule is CC1CC(NC(=O)C2CCCc3[nH]ncc32)CC(c2ccccc2)C1. The lowest BCUT2D eigenvalue weighted by Gasteiger charge is -2.35. The van der Waals surface area contributed by atoms with Crippen LogP contribution >= 0.6 is 0 Å². The number of carbonyl (C=O) groups is 1. The summed E-state index contributed by atoms with van der Waals surface area (Å²) in [7, 11) is 0. The predicted molar refractivity (Wildman–Crippen MR) is 98.4 cm³/mol. The monoisotopic (exact) mass is 337 g/mol.